The molecule has 1 aromatic rings. The smallest absolute Gasteiger partial charge is 0.224 e. The van der Waals surface area contributed by atoms with Gasteiger partial charge in [0.25, 0.3) is 0 Å². The number of benzene rings is 1. The highest BCUT2D eigenvalue weighted by atomic mass is 32.2. The van der Waals surface area contributed by atoms with Crippen molar-refractivity contribution >= 4 is 15.7 Å². The molecule has 2 saturated heterocycles. The van der Waals surface area contributed by atoms with Gasteiger partial charge in [0.15, 0.2) is 9.84 Å². The first-order valence-electron chi connectivity index (χ1n) is 9.59. The topological polar surface area (TPSA) is 66.5 Å². The zero-order valence-electron chi connectivity index (χ0n) is 15.8. The number of nitrogens with one attached hydrogen (secondary N) is 1. The number of hydrogen-bond donors (Lipinski definition) is 1. The van der Waals surface area contributed by atoms with Crippen molar-refractivity contribution in [2.24, 2.45) is 17.8 Å². The Morgan fingerprint density at radius 3 is 2.42 bits per heavy atom. The Kier molecular flexibility index (Phi) is 6.03. The van der Waals surface area contributed by atoms with Gasteiger partial charge in [-0.2, -0.15) is 0 Å². The molecule has 1 N–H and O–H groups in total. The van der Waals surface area contributed by atoms with Crippen molar-refractivity contribution in [1.29, 1.82) is 0 Å². The molecule has 5 nitrogen and oxygen atoms in total. The number of sulfone groups is 1. The van der Waals surface area contributed by atoms with E-state index < -0.39 is 15.8 Å². The molecule has 144 valence electrons. The Morgan fingerprint density at radius 1 is 1.15 bits per heavy atom. The van der Waals surface area contributed by atoms with Crippen LogP contribution in [0.25, 0.3) is 0 Å². The van der Waals surface area contributed by atoms with E-state index in [4.69, 9.17) is 0 Å². The predicted octanol–water partition coefficient (Wildman–Crippen LogP) is 2.22. The van der Waals surface area contributed by atoms with Crippen molar-refractivity contribution in [1.82, 2.24) is 10.2 Å². The van der Waals surface area contributed by atoms with E-state index >= 15 is 0 Å². The van der Waals surface area contributed by atoms with Crippen molar-refractivity contribution in [2.45, 2.75) is 39.8 Å². The summed E-state index contributed by atoms with van der Waals surface area (Å²) in [6.45, 7) is 8.22. The van der Waals surface area contributed by atoms with E-state index in [-0.39, 0.29) is 17.4 Å². The summed E-state index contributed by atoms with van der Waals surface area (Å²) in [5.74, 6) is 1.03. The first kappa shape index (κ1) is 19.4. The lowest BCUT2D eigenvalue weighted by Gasteiger charge is -2.35. The highest BCUT2D eigenvalue weighted by Gasteiger charge is 2.32. The van der Waals surface area contributed by atoms with Crippen LogP contribution < -0.4 is 5.32 Å². The number of likely N-dealkylation sites (tertiary alicyclic amines) is 1. The molecule has 0 spiro atoms. The standard InChI is InChI=1S/C20H30N2O3S/c1-15-9-16(2)12-22(11-15)13-18-6-4-3-5-17(18)10-21-20(23)19-7-8-26(24,25)14-19/h3-6,15-16,19H,7-14H2,1-2H3,(H,21,23)/t15-,16+,19-/m0/s1. The Balaban J connectivity index is 1.59. The molecule has 0 saturated carbocycles. The molecule has 2 heterocycles. The summed E-state index contributed by atoms with van der Waals surface area (Å²) in [6, 6.07) is 8.22. The van der Waals surface area contributed by atoms with Crippen LogP contribution in [0.5, 0.6) is 0 Å². The Hall–Kier alpha value is -1.40. The third-order valence-corrected chi connectivity index (χ3v) is 7.28. The summed E-state index contributed by atoms with van der Waals surface area (Å²) in [5.41, 5.74) is 2.36. The minimum atomic E-state index is -3.03. The van der Waals surface area contributed by atoms with Gasteiger partial charge in [-0.15, -0.1) is 0 Å². The van der Waals surface area contributed by atoms with Crippen LogP contribution >= 0.6 is 0 Å². The Bertz CT molecular complexity index is 737. The number of carbonyl (C=O) groups excluding carboxylic acids is 1. The molecule has 26 heavy (non-hydrogen) atoms. The van der Waals surface area contributed by atoms with Gasteiger partial charge in [-0.1, -0.05) is 38.1 Å². The van der Waals surface area contributed by atoms with E-state index in [1.54, 1.807) is 0 Å². The Labute approximate surface area is 157 Å². The fourth-order valence-electron chi connectivity index (χ4n) is 4.37. The number of hydrogen-bond acceptors (Lipinski definition) is 4. The summed E-state index contributed by atoms with van der Waals surface area (Å²) in [4.78, 5) is 14.8. The SMILES string of the molecule is C[C@@H]1C[C@H](C)CN(Cc2ccccc2CNC(=O)[C@H]2CCS(=O)(=O)C2)C1. The van der Waals surface area contributed by atoms with Crippen molar-refractivity contribution in [3.05, 3.63) is 35.4 Å². The van der Waals surface area contributed by atoms with Gasteiger partial charge in [0.2, 0.25) is 5.91 Å². The highest BCUT2D eigenvalue weighted by molar-refractivity contribution is 7.91. The second-order valence-electron chi connectivity index (χ2n) is 8.23. The van der Waals surface area contributed by atoms with Gasteiger partial charge in [0.05, 0.1) is 17.4 Å². The molecule has 2 aliphatic rings. The van der Waals surface area contributed by atoms with E-state index in [0.717, 1.165) is 37.0 Å². The van der Waals surface area contributed by atoms with E-state index in [2.05, 4.69) is 36.2 Å². The van der Waals surface area contributed by atoms with Crippen LogP contribution in [0.3, 0.4) is 0 Å². The molecule has 2 fully saturated rings. The first-order valence-corrected chi connectivity index (χ1v) is 11.4. The monoisotopic (exact) mass is 378 g/mol. The van der Waals surface area contributed by atoms with Gasteiger partial charge in [0, 0.05) is 26.2 Å². The van der Waals surface area contributed by atoms with E-state index in [9.17, 15) is 13.2 Å². The van der Waals surface area contributed by atoms with Gasteiger partial charge < -0.3 is 5.32 Å². The third kappa shape index (κ3) is 5.07. The molecule has 1 aromatic carbocycles. The fourth-order valence-corrected chi connectivity index (χ4v) is 6.12. The summed E-state index contributed by atoms with van der Waals surface area (Å²) < 4.78 is 23.1. The minimum absolute atomic E-state index is 0.00989. The van der Waals surface area contributed by atoms with Gasteiger partial charge in [-0.25, -0.2) is 8.42 Å². The second-order valence-corrected chi connectivity index (χ2v) is 10.5. The number of nitrogens with zero attached hydrogens (tertiary/aromatic N) is 1. The Morgan fingerprint density at radius 2 is 1.81 bits per heavy atom. The van der Waals surface area contributed by atoms with Crippen LogP contribution in [-0.2, 0) is 27.7 Å². The molecule has 2 aliphatic heterocycles. The van der Waals surface area contributed by atoms with Gasteiger partial charge in [0.1, 0.15) is 0 Å². The van der Waals surface area contributed by atoms with Crippen molar-refractivity contribution in [2.75, 3.05) is 24.6 Å². The molecule has 3 atom stereocenters. The predicted molar refractivity (Wildman–Crippen MR) is 103 cm³/mol. The van der Waals surface area contributed by atoms with Crippen molar-refractivity contribution < 1.29 is 13.2 Å². The fraction of sp³-hybridized carbons (Fsp3) is 0.650. The van der Waals surface area contributed by atoms with Crippen LogP contribution in [0.15, 0.2) is 24.3 Å². The van der Waals surface area contributed by atoms with Crippen LogP contribution in [0.4, 0.5) is 0 Å². The number of piperidine rings is 1. The van der Waals surface area contributed by atoms with Crippen LogP contribution in [0.2, 0.25) is 0 Å². The maximum Gasteiger partial charge on any atom is 0.224 e. The number of amides is 1. The van der Waals surface area contributed by atoms with E-state index in [0.29, 0.717) is 13.0 Å². The molecule has 0 unspecified atom stereocenters. The van der Waals surface area contributed by atoms with Crippen LogP contribution in [0, 0.1) is 17.8 Å². The molecule has 0 aliphatic carbocycles. The average Bonchev–Trinajstić information content (AvgIpc) is 2.93. The largest absolute Gasteiger partial charge is 0.352 e. The molecule has 1 amide bonds. The van der Waals surface area contributed by atoms with Gasteiger partial charge >= 0.3 is 0 Å². The highest BCUT2D eigenvalue weighted by Crippen LogP contribution is 2.23. The number of carbonyl (C=O) groups is 1. The lowest BCUT2D eigenvalue weighted by atomic mass is 9.91. The molecule has 0 aromatic heterocycles. The van der Waals surface area contributed by atoms with Crippen LogP contribution in [0.1, 0.15) is 37.8 Å². The molecule has 0 bridgehead atoms. The average molecular weight is 379 g/mol. The third-order valence-electron chi connectivity index (χ3n) is 5.51. The van der Waals surface area contributed by atoms with Gasteiger partial charge in [-0.05, 0) is 35.8 Å². The lowest BCUT2D eigenvalue weighted by molar-refractivity contribution is -0.124. The first-order chi connectivity index (χ1) is 12.3. The van der Waals surface area contributed by atoms with Crippen molar-refractivity contribution in [3.8, 4) is 0 Å². The second kappa shape index (κ2) is 8.09. The summed E-state index contributed by atoms with van der Waals surface area (Å²) in [7, 11) is -3.03. The zero-order valence-corrected chi connectivity index (χ0v) is 16.6. The minimum Gasteiger partial charge on any atom is -0.352 e. The number of rotatable bonds is 5. The lowest BCUT2D eigenvalue weighted by Crippen LogP contribution is -2.38. The molecular weight excluding hydrogens is 348 g/mol. The zero-order chi connectivity index (χ0) is 18.7. The maximum absolute atomic E-state index is 12.3. The summed E-state index contributed by atoms with van der Waals surface area (Å²) in [6.07, 6.45) is 1.73. The summed E-state index contributed by atoms with van der Waals surface area (Å²) in [5, 5.41) is 2.95. The normalized spacial score (nSPS) is 28.8. The summed E-state index contributed by atoms with van der Waals surface area (Å²) >= 11 is 0. The van der Waals surface area contributed by atoms with Gasteiger partial charge in [-0.3, -0.25) is 9.69 Å². The molecular formula is C20H30N2O3S. The quantitative estimate of drug-likeness (QED) is 0.853. The molecule has 6 heteroatoms. The van der Waals surface area contributed by atoms with E-state index in [1.807, 2.05) is 12.1 Å². The van der Waals surface area contributed by atoms with E-state index in [1.165, 1.54) is 12.0 Å². The maximum atomic E-state index is 12.3. The molecule has 0 radical (unpaired) electrons. The van der Waals surface area contributed by atoms with Crippen molar-refractivity contribution in [3.63, 3.8) is 0 Å². The molecule has 3 rings (SSSR count). The van der Waals surface area contributed by atoms with Crippen LogP contribution in [-0.4, -0.2) is 43.8 Å².